The lowest BCUT2D eigenvalue weighted by Crippen LogP contribution is -2.20. The SMILES string of the molecule is COC(=O)C1=CC[C@@H]([C@H](C)CC(=O)CC(C)C)CC1. The molecule has 1 aliphatic carbocycles. The number of ether oxygens (including phenoxy) is 1. The number of carbonyl (C=O) groups excluding carboxylic acids is 2. The van der Waals surface area contributed by atoms with E-state index in [1.165, 1.54) is 7.11 Å². The normalized spacial score (nSPS) is 20.9. The number of esters is 1. The molecular formula is C16H26O3. The van der Waals surface area contributed by atoms with E-state index < -0.39 is 0 Å². The molecule has 108 valence electrons. The van der Waals surface area contributed by atoms with Crippen molar-refractivity contribution < 1.29 is 14.3 Å². The number of rotatable bonds is 6. The summed E-state index contributed by atoms with van der Waals surface area (Å²) in [7, 11) is 1.42. The van der Waals surface area contributed by atoms with Crippen LogP contribution in [-0.4, -0.2) is 18.9 Å². The number of hydrogen-bond acceptors (Lipinski definition) is 3. The fourth-order valence-electron chi connectivity index (χ4n) is 2.75. The van der Waals surface area contributed by atoms with Gasteiger partial charge in [0, 0.05) is 18.4 Å². The zero-order valence-corrected chi connectivity index (χ0v) is 12.6. The molecule has 3 nitrogen and oxygen atoms in total. The van der Waals surface area contributed by atoms with Gasteiger partial charge in [0.25, 0.3) is 0 Å². The van der Waals surface area contributed by atoms with Gasteiger partial charge < -0.3 is 4.74 Å². The molecule has 0 N–H and O–H groups in total. The summed E-state index contributed by atoms with van der Waals surface area (Å²) >= 11 is 0. The zero-order chi connectivity index (χ0) is 14.4. The van der Waals surface area contributed by atoms with Gasteiger partial charge in [0.2, 0.25) is 0 Å². The van der Waals surface area contributed by atoms with E-state index in [1.807, 2.05) is 6.08 Å². The van der Waals surface area contributed by atoms with Gasteiger partial charge in [-0.1, -0.05) is 26.8 Å². The first-order valence-electron chi connectivity index (χ1n) is 7.23. The maximum atomic E-state index is 11.8. The van der Waals surface area contributed by atoms with Crippen LogP contribution in [0.3, 0.4) is 0 Å². The van der Waals surface area contributed by atoms with Crippen LogP contribution in [0.5, 0.6) is 0 Å². The number of ketones is 1. The van der Waals surface area contributed by atoms with Crippen LogP contribution in [0.25, 0.3) is 0 Å². The first-order valence-corrected chi connectivity index (χ1v) is 7.23. The summed E-state index contributed by atoms with van der Waals surface area (Å²) < 4.78 is 4.73. The third-order valence-corrected chi connectivity index (χ3v) is 3.89. The third-order valence-electron chi connectivity index (χ3n) is 3.89. The zero-order valence-electron chi connectivity index (χ0n) is 12.6. The molecule has 0 aromatic heterocycles. The Bertz CT molecular complexity index is 355. The number of hydrogen-bond donors (Lipinski definition) is 0. The Morgan fingerprint density at radius 2 is 2.00 bits per heavy atom. The van der Waals surface area contributed by atoms with Crippen LogP contribution >= 0.6 is 0 Å². The first kappa shape index (κ1) is 15.9. The molecule has 19 heavy (non-hydrogen) atoms. The second-order valence-corrected chi connectivity index (χ2v) is 6.07. The number of methoxy groups -OCH3 is 1. The van der Waals surface area contributed by atoms with E-state index >= 15 is 0 Å². The van der Waals surface area contributed by atoms with Gasteiger partial charge in [0.05, 0.1) is 7.11 Å². The van der Waals surface area contributed by atoms with Gasteiger partial charge in [-0.15, -0.1) is 0 Å². The molecule has 0 saturated heterocycles. The maximum absolute atomic E-state index is 11.8. The van der Waals surface area contributed by atoms with Crippen molar-refractivity contribution in [1.82, 2.24) is 0 Å². The van der Waals surface area contributed by atoms with Crippen molar-refractivity contribution in [2.45, 2.75) is 52.9 Å². The average molecular weight is 266 g/mol. The Morgan fingerprint density at radius 3 is 2.47 bits per heavy atom. The second kappa shape index (κ2) is 7.46. The van der Waals surface area contributed by atoms with Crippen molar-refractivity contribution in [3.63, 3.8) is 0 Å². The lowest BCUT2D eigenvalue weighted by Gasteiger charge is -2.26. The Kier molecular flexibility index (Phi) is 6.26. The molecule has 0 fully saturated rings. The van der Waals surface area contributed by atoms with Crippen LogP contribution < -0.4 is 0 Å². The second-order valence-electron chi connectivity index (χ2n) is 6.07. The molecule has 0 radical (unpaired) electrons. The average Bonchev–Trinajstić information content (AvgIpc) is 2.36. The van der Waals surface area contributed by atoms with Crippen LogP contribution in [0.15, 0.2) is 11.6 Å². The number of carbonyl (C=O) groups is 2. The molecule has 1 rings (SSSR count). The van der Waals surface area contributed by atoms with Crippen molar-refractivity contribution in [1.29, 1.82) is 0 Å². The van der Waals surface area contributed by atoms with Crippen molar-refractivity contribution in [2.24, 2.45) is 17.8 Å². The minimum atomic E-state index is -0.206. The summed E-state index contributed by atoms with van der Waals surface area (Å²) in [6, 6.07) is 0. The summed E-state index contributed by atoms with van der Waals surface area (Å²) in [6.07, 6.45) is 5.99. The third kappa shape index (κ3) is 5.17. The Balaban J connectivity index is 2.44. The van der Waals surface area contributed by atoms with Gasteiger partial charge in [-0.3, -0.25) is 4.79 Å². The molecule has 0 spiro atoms. The molecule has 0 aromatic rings. The maximum Gasteiger partial charge on any atom is 0.333 e. The minimum Gasteiger partial charge on any atom is -0.466 e. The molecule has 0 bridgehead atoms. The highest BCUT2D eigenvalue weighted by Crippen LogP contribution is 2.31. The van der Waals surface area contributed by atoms with Crippen LogP contribution in [0, 0.1) is 17.8 Å². The summed E-state index contributed by atoms with van der Waals surface area (Å²) in [4.78, 5) is 23.2. The lowest BCUT2D eigenvalue weighted by molar-refractivity contribution is -0.136. The van der Waals surface area contributed by atoms with Crippen LogP contribution in [0.1, 0.15) is 52.9 Å². The van der Waals surface area contributed by atoms with E-state index in [2.05, 4.69) is 20.8 Å². The van der Waals surface area contributed by atoms with E-state index in [0.717, 1.165) is 24.8 Å². The molecule has 0 heterocycles. The van der Waals surface area contributed by atoms with Gasteiger partial charge in [-0.2, -0.15) is 0 Å². The molecule has 0 aliphatic heterocycles. The molecule has 3 heteroatoms. The van der Waals surface area contributed by atoms with E-state index in [4.69, 9.17) is 4.74 Å². The fourth-order valence-corrected chi connectivity index (χ4v) is 2.75. The van der Waals surface area contributed by atoms with Crippen molar-refractivity contribution in [3.8, 4) is 0 Å². The Hall–Kier alpha value is -1.12. The standard InChI is InChI=1S/C16H26O3/c1-11(2)9-15(17)10-12(3)13-5-7-14(8-6-13)16(18)19-4/h7,11-13H,5-6,8-10H2,1-4H3/t12-,13-/m1/s1. The minimum absolute atomic E-state index is 0.206. The van der Waals surface area contributed by atoms with Gasteiger partial charge in [0.15, 0.2) is 0 Å². The van der Waals surface area contributed by atoms with Gasteiger partial charge >= 0.3 is 5.97 Å². The van der Waals surface area contributed by atoms with Crippen LogP contribution in [0.2, 0.25) is 0 Å². The van der Waals surface area contributed by atoms with Crippen molar-refractivity contribution >= 4 is 11.8 Å². The van der Waals surface area contributed by atoms with Crippen LogP contribution in [-0.2, 0) is 14.3 Å². The summed E-state index contributed by atoms with van der Waals surface area (Å²) in [5.74, 6) is 1.52. The summed E-state index contributed by atoms with van der Waals surface area (Å²) in [5.41, 5.74) is 0.791. The predicted octanol–water partition coefficient (Wildman–Crippen LogP) is 3.53. The van der Waals surface area contributed by atoms with Gasteiger partial charge in [-0.25, -0.2) is 4.79 Å². The topological polar surface area (TPSA) is 43.4 Å². The van der Waals surface area contributed by atoms with Gasteiger partial charge in [-0.05, 0) is 37.0 Å². The number of Topliss-reactive ketones (excluding diaryl/α,β-unsaturated/α-hetero) is 1. The molecule has 1 aliphatic rings. The highest BCUT2D eigenvalue weighted by molar-refractivity contribution is 5.88. The predicted molar refractivity (Wildman–Crippen MR) is 75.7 cm³/mol. The van der Waals surface area contributed by atoms with E-state index in [0.29, 0.717) is 36.4 Å². The smallest absolute Gasteiger partial charge is 0.333 e. The lowest BCUT2D eigenvalue weighted by atomic mass is 9.79. The van der Waals surface area contributed by atoms with Crippen LogP contribution in [0.4, 0.5) is 0 Å². The van der Waals surface area contributed by atoms with E-state index in [-0.39, 0.29) is 5.97 Å². The van der Waals surface area contributed by atoms with Crippen molar-refractivity contribution in [2.75, 3.05) is 7.11 Å². The molecular weight excluding hydrogens is 240 g/mol. The summed E-state index contributed by atoms with van der Waals surface area (Å²) in [6.45, 7) is 6.31. The van der Waals surface area contributed by atoms with Crippen molar-refractivity contribution in [3.05, 3.63) is 11.6 Å². The van der Waals surface area contributed by atoms with Gasteiger partial charge in [0.1, 0.15) is 5.78 Å². The number of allylic oxidation sites excluding steroid dienone is 1. The monoisotopic (exact) mass is 266 g/mol. The first-order chi connectivity index (χ1) is 8.93. The van der Waals surface area contributed by atoms with E-state index in [9.17, 15) is 9.59 Å². The Morgan fingerprint density at radius 1 is 1.32 bits per heavy atom. The highest BCUT2D eigenvalue weighted by atomic mass is 16.5. The molecule has 0 aromatic carbocycles. The molecule has 2 atom stereocenters. The molecule has 0 saturated carbocycles. The quantitative estimate of drug-likeness (QED) is 0.691. The molecule has 0 amide bonds. The fraction of sp³-hybridized carbons (Fsp3) is 0.750. The highest BCUT2D eigenvalue weighted by Gasteiger charge is 2.24. The van der Waals surface area contributed by atoms with E-state index in [1.54, 1.807) is 0 Å². The Labute approximate surface area is 116 Å². The molecule has 0 unspecified atom stereocenters. The summed E-state index contributed by atoms with van der Waals surface area (Å²) in [5, 5.41) is 0. The largest absolute Gasteiger partial charge is 0.466 e.